The van der Waals surface area contributed by atoms with Crippen LogP contribution in [0.3, 0.4) is 0 Å². The number of nitrogen functional groups attached to an aromatic ring is 1. The minimum atomic E-state index is 0.415. The Morgan fingerprint density at radius 1 is 1.16 bits per heavy atom. The summed E-state index contributed by atoms with van der Waals surface area (Å²) < 4.78 is 0. The number of nitrogens with zero attached hydrogens (tertiary/aromatic N) is 1. The van der Waals surface area contributed by atoms with Gasteiger partial charge in [-0.2, -0.15) is 5.26 Å². The summed E-state index contributed by atoms with van der Waals surface area (Å²) in [4.78, 5) is 0. The molecule has 19 heavy (non-hydrogen) atoms. The maximum absolute atomic E-state index is 8.91. The molecule has 1 aliphatic carbocycles. The summed E-state index contributed by atoms with van der Waals surface area (Å²) in [6.07, 6.45) is 1.11. The van der Waals surface area contributed by atoms with Crippen molar-refractivity contribution in [3.05, 3.63) is 59.7 Å². The van der Waals surface area contributed by atoms with Crippen molar-refractivity contribution in [3.8, 4) is 6.07 Å². The van der Waals surface area contributed by atoms with Crippen LogP contribution < -0.4 is 11.1 Å². The van der Waals surface area contributed by atoms with Gasteiger partial charge in [0, 0.05) is 12.0 Å². The van der Waals surface area contributed by atoms with E-state index in [1.807, 2.05) is 12.1 Å². The summed E-state index contributed by atoms with van der Waals surface area (Å²) >= 11 is 0. The number of benzene rings is 2. The summed E-state index contributed by atoms with van der Waals surface area (Å²) in [6.45, 7) is 0. The van der Waals surface area contributed by atoms with Gasteiger partial charge in [0.25, 0.3) is 0 Å². The van der Waals surface area contributed by atoms with E-state index in [4.69, 9.17) is 11.0 Å². The van der Waals surface area contributed by atoms with Crippen LogP contribution in [0.4, 0.5) is 11.4 Å². The Kier molecular flexibility index (Phi) is 2.85. The van der Waals surface area contributed by atoms with E-state index in [1.54, 1.807) is 12.1 Å². The molecule has 2 atom stereocenters. The quantitative estimate of drug-likeness (QED) is 0.822. The predicted molar refractivity (Wildman–Crippen MR) is 76.8 cm³/mol. The monoisotopic (exact) mass is 249 g/mol. The Labute approximate surface area is 112 Å². The van der Waals surface area contributed by atoms with Gasteiger partial charge in [-0.1, -0.05) is 30.3 Å². The minimum Gasteiger partial charge on any atom is -0.397 e. The van der Waals surface area contributed by atoms with E-state index < -0.39 is 0 Å². The Morgan fingerprint density at radius 3 is 2.68 bits per heavy atom. The number of nitriles is 1. The van der Waals surface area contributed by atoms with Crippen molar-refractivity contribution in [2.24, 2.45) is 0 Å². The maximum atomic E-state index is 8.91. The molecule has 2 aromatic carbocycles. The number of hydrogen-bond donors (Lipinski definition) is 2. The molecule has 94 valence electrons. The summed E-state index contributed by atoms with van der Waals surface area (Å²) in [5.74, 6) is 0.548. The fourth-order valence-corrected chi connectivity index (χ4v) is 2.37. The molecule has 3 nitrogen and oxygen atoms in total. The number of nitrogens with one attached hydrogen (secondary N) is 1. The lowest BCUT2D eigenvalue weighted by Gasteiger charge is -2.09. The van der Waals surface area contributed by atoms with E-state index in [-0.39, 0.29) is 0 Å². The zero-order valence-corrected chi connectivity index (χ0v) is 10.5. The van der Waals surface area contributed by atoms with Gasteiger partial charge in [0.1, 0.15) is 0 Å². The van der Waals surface area contributed by atoms with Crippen molar-refractivity contribution in [2.75, 3.05) is 11.1 Å². The van der Waals surface area contributed by atoms with Crippen LogP contribution in [0.15, 0.2) is 48.5 Å². The molecular formula is C16H15N3. The number of rotatable bonds is 3. The topological polar surface area (TPSA) is 61.8 Å². The SMILES string of the molecule is N#Cc1ccc(N)c(NC2CC2c2ccccc2)c1. The second-order valence-electron chi connectivity index (χ2n) is 4.92. The molecule has 2 unspecified atom stereocenters. The molecular weight excluding hydrogens is 234 g/mol. The molecule has 0 spiro atoms. The summed E-state index contributed by atoms with van der Waals surface area (Å²) in [7, 11) is 0. The molecule has 3 rings (SSSR count). The second kappa shape index (κ2) is 4.66. The van der Waals surface area contributed by atoms with Crippen LogP contribution in [0.5, 0.6) is 0 Å². The highest BCUT2D eigenvalue weighted by Gasteiger charge is 2.38. The predicted octanol–water partition coefficient (Wildman–Crippen LogP) is 3.11. The Hall–Kier alpha value is -2.47. The van der Waals surface area contributed by atoms with Crippen LogP contribution in [0.1, 0.15) is 23.5 Å². The van der Waals surface area contributed by atoms with Crippen molar-refractivity contribution in [1.29, 1.82) is 5.26 Å². The highest BCUT2D eigenvalue weighted by molar-refractivity contribution is 5.69. The van der Waals surface area contributed by atoms with Gasteiger partial charge in [0.15, 0.2) is 0 Å². The fraction of sp³-hybridized carbons (Fsp3) is 0.188. The van der Waals surface area contributed by atoms with Crippen LogP contribution in [-0.2, 0) is 0 Å². The third kappa shape index (κ3) is 2.38. The number of anilines is 2. The average molecular weight is 249 g/mol. The lowest BCUT2D eigenvalue weighted by molar-refractivity contribution is 1.05. The Balaban J connectivity index is 1.73. The van der Waals surface area contributed by atoms with Crippen LogP contribution >= 0.6 is 0 Å². The van der Waals surface area contributed by atoms with Gasteiger partial charge in [-0.05, 0) is 30.2 Å². The van der Waals surface area contributed by atoms with E-state index in [1.165, 1.54) is 5.56 Å². The molecule has 1 fully saturated rings. The molecule has 0 radical (unpaired) electrons. The zero-order valence-electron chi connectivity index (χ0n) is 10.5. The third-order valence-electron chi connectivity index (χ3n) is 3.54. The minimum absolute atomic E-state index is 0.415. The molecule has 0 amide bonds. The molecule has 0 aliphatic heterocycles. The molecule has 1 saturated carbocycles. The van der Waals surface area contributed by atoms with Crippen molar-refractivity contribution < 1.29 is 0 Å². The van der Waals surface area contributed by atoms with Crippen LogP contribution in [-0.4, -0.2) is 6.04 Å². The first-order valence-corrected chi connectivity index (χ1v) is 6.39. The zero-order chi connectivity index (χ0) is 13.2. The first-order valence-electron chi connectivity index (χ1n) is 6.39. The molecule has 0 bridgehead atoms. The van der Waals surface area contributed by atoms with Gasteiger partial charge in [-0.15, -0.1) is 0 Å². The molecule has 1 aliphatic rings. The second-order valence-corrected chi connectivity index (χ2v) is 4.92. The maximum Gasteiger partial charge on any atom is 0.0992 e. The summed E-state index contributed by atoms with van der Waals surface area (Å²) in [5, 5.41) is 12.3. The van der Waals surface area contributed by atoms with Gasteiger partial charge >= 0.3 is 0 Å². The summed E-state index contributed by atoms with van der Waals surface area (Å²) in [6, 6.07) is 18.4. The highest BCUT2D eigenvalue weighted by Crippen LogP contribution is 2.43. The average Bonchev–Trinajstić information content (AvgIpc) is 3.21. The van der Waals surface area contributed by atoms with E-state index in [0.717, 1.165) is 12.1 Å². The number of hydrogen-bond acceptors (Lipinski definition) is 3. The van der Waals surface area contributed by atoms with Gasteiger partial charge in [0.05, 0.1) is 23.0 Å². The lowest BCUT2D eigenvalue weighted by atomic mass is 10.1. The van der Waals surface area contributed by atoms with Crippen LogP contribution in [0, 0.1) is 11.3 Å². The first-order chi connectivity index (χ1) is 9.28. The van der Waals surface area contributed by atoms with E-state index >= 15 is 0 Å². The molecule has 0 aromatic heterocycles. The van der Waals surface area contributed by atoms with Gasteiger partial charge in [-0.3, -0.25) is 0 Å². The fourth-order valence-electron chi connectivity index (χ4n) is 2.37. The largest absolute Gasteiger partial charge is 0.397 e. The lowest BCUT2D eigenvalue weighted by Crippen LogP contribution is -2.06. The molecule has 2 aromatic rings. The standard InChI is InChI=1S/C16H15N3/c17-10-11-6-7-14(18)16(8-11)19-15-9-13(15)12-4-2-1-3-5-12/h1-8,13,15,19H,9,18H2. The van der Waals surface area contributed by atoms with Crippen molar-refractivity contribution >= 4 is 11.4 Å². The Bertz CT molecular complexity index is 628. The smallest absolute Gasteiger partial charge is 0.0992 e. The van der Waals surface area contributed by atoms with Gasteiger partial charge in [0.2, 0.25) is 0 Å². The number of nitrogens with two attached hydrogens (primary N) is 1. The van der Waals surface area contributed by atoms with E-state index in [0.29, 0.717) is 23.2 Å². The van der Waals surface area contributed by atoms with E-state index in [2.05, 4.69) is 35.7 Å². The highest BCUT2D eigenvalue weighted by atomic mass is 15.0. The molecule has 3 N–H and O–H groups in total. The van der Waals surface area contributed by atoms with Crippen LogP contribution in [0.2, 0.25) is 0 Å². The Morgan fingerprint density at radius 2 is 1.95 bits per heavy atom. The van der Waals surface area contributed by atoms with Crippen molar-refractivity contribution in [3.63, 3.8) is 0 Å². The first kappa shape index (κ1) is 11.6. The van der Waals surface area contributed by atoms with Crippen molar-refractivity contribution in [1.82, 2.24) is 0 Å². The molecule has 0 saturated heterocycles. The van der Waals surface area contributed by atoms with E-state index in [9.17, 15) is 0 Å². The summed E-state index contributed by atoms with van der Waals surface area (Å²) in [5.41, 5.74) is 9.48. The molecule has 3 heteroatoms. The molecule has 0 heterocycles. The van der Waals surface area contributed by atoms with Crippen molar-refractivity contribution in [2.45, 2.75) is 18.4 Å². The third-order valence-corrected chi connectivity index (χ3v) is 3.54. The van der Waals surface area contributed by atoms with Crippen LogP contribution in [0.25, 0.3) is 0 Å². The van der Waals surface area contributed by atoms with Gasteiger partial charge in [-0.25, -0.2) is 0 Å². The normalized spacial score (nSPS) is 20.6. The van der Waals surface area contributed by atoms with Gasteiger partial charge < -0.3 is 11.1 Å².